The van der Waals surface area contributed by atoms with Gasteiger partial charge in [-0.05, 0) is 78.4 Å². The average molecular weight is 322 g/mol. The van der Waals surface area contributed by atoms with Crippen molar-refractivity contribution in [1.29, 1.82) is 0 Å². The lowest BCUT2D eigenvalue weighted by atomic mass is 9.44. The largest absolute Gasteiger partial charge is 0.394 e. The molecule has 3 heteroatoms. The minimum atomic E-state index is -0.660. The first-order valence-corrected chi connectivity index (χ1v) is 9.68. The number of hydrogen-bond acceptors (Lipinski definition) is 3. The predicted molar refractivity (Wildman–Crippen MR) is 89.8 cm³/mol. The van der Waals surface area contributed by atoms with Gasteiger partial charge in [-0.2, -0.15) is 0 Å². The van der Waals surface area contributed by atoms with E-state index in [9.17, 15) is 15.3 Å². The number of rotatable bonds is 2. The molecule has 0 heterocycles. The second-order valence-electron chi connectivity index (χ2n) is 10.3. The van der Waals surface area contributed by atoms with Gasteiger partial charge in [-0.1, -0.05) is 27.2 Å². The first-order chi connectivity index (χ1) is 10.7. The van der Waals surface area contributed by atoms with Crippen LogP contribution in [0.5, 0.6) is 0 Å². The molecule has 0 bridgehead atoms. The molecule has 8 atom stereocenters. The molecule has 23 heavy (non-hydrogen) atoms. The second-order valence-corrected chi connectivity index (χ2v) is 10.3. The van der Waals surface area contributed by atoms with Crippen LogP contribution in [-0.2, 0) is 0 Å². The van der Waals surface area contributed by atoms with Crippen molar-refractivity contribution in [3.63, 3.8) is 0 Å². The minimum Gasteiger partial charge on any atom is -0.394 e. The Labute approximate surface area is 140 Å². The third-order valence-electron chi connectivity index (χ3n) is 9.25. The molecule has 3 nitrogen and oxygen atoms in total. The summed E-state index contributed by atoms with van der Waals surface area (Å²) in [5.74, 6) is 1.03. The maximum absolute atomic E-state index is 11.1. The second kappa shape index (κ2) is 4.74. The quantitative estimate of drug-likeness (QED) is 0.732. The molecule has 0 aliphatic heterocycles. The van der Waals surface area contributed by atoms with E-state index in [-0.39, 0.29) is 29.5 Å². The van der Waals surface area contributed by atoms with Crippen molar-refractivity contribution in [1.82, 2.24) is 0 Å². The molecule has 0 amide bonds. The number of aliphatic hydroxyl groups is 3. The van der Waals surface area contributed by atoms with Crippen LogP contribution in [0.15, 0.2) is 0 Å². The Hall–Kier alpha value is -0.120. The molecular formula is C20H34O3. The smallest absolute Gasteiger partial charge is 0.0824 e. The maximum atomic E-state index is 11.1. The Morgan fingerprint density at radius 3 is 2.52 bits per heavy atom. The Kier molecular flexibility index (Phi) is 3.37. The van der Waals surface area contributed by atoms with E-state index >= 15 is 0 Å². The van der Waals surface area contributed by atoms with Gasteiger partial charge < -0.3 is 15.3 Å². The lowest BCUT2D eigenvalue weighted by Crippen LogP contribution is -2.58. The maximum Gasteiger partial charge on any atom is 0.0824 e. The molecule has 4 saturated carbocycles. The van der Waals surface area contributed by atoms with E-state index in [0.717, 1.165) is 31.6 Å². The van der Waals surface area contributed by atoms with Crippen molar-refractivity contribution in [2.24, 2.45) is 33.5 Å². The lowest BCUT2D eigenvalue weighted by molar-refractivity contribution is -0.176. The van der Waals surface area contributed by atoms with Gasteiger partial charge in [0.2, 0.25) is 0 Å². The first kappa shape index (κ1) is 16.4. The van der Waals surface area contributed by atoms with Crippen LogP contribution in [0.1, 0.15) is 72.1 Å². The molecule has 4 aliphatic carbocycles. The minimum absolute atomic E-state index is 0.165. The topological polar surface area (TPSA) is 60.7 Å². The zero-order chi connectivity index (χ0) is 16.7. The number of hydrogen-bond donors (Lipinski definition) is 3. The molecule has 1 spiro atoms. The standard InChI is InChI=1S/C20H34O3/c1-17(16(23)11-21)7-8-19(3)13(9-17)14(22)10-20-12-18(20,2)6-4-5-15(19)20/h13-16,21-23H,4-12H2,1-3H3/t13-,14+,15-,16-,17+,18+,19+,20+/m1/s1. The number of fused-ring (bicyclic) bond motifs is 2. The SMILES string of the molecule is C[C@]1([C@H](O)CO)CC[C@@]2(C)[C@H](C1)[C@@H](O)C[C@@]13C[C@]1(C)CCC[C@H]23. The molecule has 4 fully saturated rings. The van der Waals surface area contributed by atoms with E-state index in [4.69, 9.17) is 0 Å². The summed E-state index contributed by atoms with van der Waals surface area (Å²) in [6.07, 6.45) is 8.33. The fraction of sp³-hybridized carbons (Fsp3) is 1.00. The molecule has 0 aromatic rings. The van der Waals surface area contributed by atoms with Crippen LogP contribution >= 0.6 is 0 Å². The molecule has 0 aromatic carbocycles. The van der Waals surface area contributed by atoms with Gasteiger partial charge in [-0.15, -0.1) is 0 Å². The van der Waals surface area contributed by atoms with Gasteiger partial charge in [0.25, 0.3) is 0 Å². The summed E-state index contributed by atoms with van der Waals surface area (Å²) in [7, 11) is 0. The van der Waals surface area contributed by atoms with Crippen molar-refractivity contribution in [3.05, 3.63) is 0 Å². The van der Waals surface area contributed by atoms with Gasteiger partial charge in [-0.25, -0.2) is 0 Å². The van der Waals surface area contributed by atoms with Crippen LogP contribution in [-0.4, -0.2) is 34.1 Å². The third-order valence-corrected chi connectivity index (χ3v) is 9.25. The summed E-state index contributed by atoms with van der Waals surface area (Å²) in [6, 6.07) is 0. The summed E-state index contributed by atoms with van der Waals surface area (Å²) < 4.78 is 0. The third kappa shape index (κ3) is 1.93. The van der Waals surface area contributed by atoms with Gasteiger partial charge in [0.1, 0.15) is 0 Å². The molecule has 0 saturated heterocycles. The predicted octanol–water partition coefficient (Wildman–Crippen LogP) is 3.11. The monoisotopic (exact) mass is 322 g/mol. The Morgan fingerprint density at radius 2 is 1.83 bits per heavy atom. The normalized spacial score (nSPS) is 59.5. The highest BCUT2D eigenvalue weighted by Crippen LogP contribution is 2.81. The first-order valence-electron chi connectivity index (χ1n) is 9.68. The molecular weight excluding hydrogens is 288 g/mol. The van der Waals surface area contributed by atoms with Crippen LogP contribution in [0.4, 0.5) is 0 Å². The van der Waals surface area contributed by atoms with E-state index in [1.165, 1.54) is 25.7 Å². The highest BCUT2D eigenvalue weighted by Gasteiger charge is 2.75. The van der Waals surface area contributed by atoms with Gasteiger partial charge in [-0.3, -0.25) is 0 Å². The van der Waals surface area contributed by atoms with E-state index < -0.39 is 6.10 Å². The summed E-state index contributed by atoms with van der Waals surface area (Å²) in [5.41, 5.74) is 0.853. The van der Waals surface area contributed by atoms with E-state index in [0.29, 0.717) is 10.8 Å². The van der Waals surface area contributed by atoms with E-state index in [1.807, 2.05) is 0 Å². The summed E-state index contributed by atoms with van der Waals surface area (Å²) in [5, 5.41) is 30.8. The van der Waals surface area contributed by atoms with Crippen LogP contribution in [0.2, 0.25) is 0 Å². The van der Waals surface area contributed by atoms with Gasteiger partial charge in [0.05, 0.1) is 18.8 Å². The molecule has 132 valence electrons. The summed E-state index contributed by atoms with van der Waals surface area (Å²) in [6.45, 7) is 6.83. The Bertz CT molecular complexity index is 507. The van der Waals surface area contributed by atoms with Crippen molar-refractivity contribution in [2.45, 2.75) is 84.3 Å². The van der Waals surface area contributed by atoms with Crippen molar-refractivity contribution in [2.75, 3.05) is 6.61 Å². The molecule has 4 aliphatic rings. The van der Waals surface area contributed by atoms with E-state index in [1.54, 1.807) is 0 Å². The molecule has 3 N–H and O–H groups in total. The highest BCUT2D eigenvalue weighted by atomic mass is 16.3. The Morgan fingerprint density at radius 1 is 1.09 bits per heavy atom. The van der Waals surface area contributed by atoms with Crippen molar-refractivity contribution >= 4 is 0 Å². The molecule has 0 aromatic heterocycles. The van der Waals surface area contributed by atoms with Crippen LogP contribution in [0.3, 0.4) is 0 Å². The van der Waals surface area contributed by atoms with Crippen LogP contribution in [0, 0.1) is 33.5 Å². The van der Waals surface area contributed by atoms with Gasteiger partial charge in [0, 0.05) is 0 Å². The Balaban J connectivity index is 1.66. The van der Waals surface area contributed by atoms with E-state index in [2.05, 4.69) is 20.8 Å². The number of aliphatic hydroxyl groups excluding tert-OH is 3. The van der Waals surface area contributed by atoms with Gasteiger partial charge in [0.15, 0.2) is 0 Å². The van der Waals surface area contributed by atoms with Crippen molar-refractivity contribution in [3.8, 4) is 0 Å². The molecule has 4 rings (SSSR count). The van der Waals surface area contributed by atoms with Crippen LogP contribution < -0.4 is 0 Å². The fourth-order valence-electron chi connectivity index (χ4n) is 7.55. The van der Waals surface area contributed by atoms with Crippen molar-refractivity contribution < 1.29 is 15.3 Å². The zero-order valence-electron chi connectivity index (χ0n) is 15.0. The summed E-state index contributed by atoms with van der Waals surface area (Å²) in [4.78, 5) is 0. The lowest BCUT2D eigenvalue weighted by Gasteiger charge is -2.62. The fourth-order valence-corrected chi connectivity index (χ4v) is 7.55. The van der Waals surface area contributed by atoms with Crippen LogP contribution in [0.25, 0.3) is 0 Å². The van der Waals surface area contributed by atoms with Gasteiger partial charge >= 0.3 is 0 Å². The average Bonchev–Trinajstić information content (AvgIpc) is 3.12. The molecule has 0 unspecified atom stereocenters. The zero-order valence-corrected chi connectivity index (χ0v) is 15.0. The highest BCUT2D eigenvalue weighted by molar-refractivity contribution is 5.24. The summed E-state index contributed by atoms with van der Waals surface area (Å²) >= 11 is 0. The molecule has 0 radical (unpaired) electrons.